The monoisotopic (exact) mass is 762 g/mol. The SMILES string of the molecule is Cc1cnc(C(=O)N[C@H]2CCCCCC=C[C@@H]3C[C@@]3(C(=O)NS(=O)(=O)C3(C)CC3)NC(=O)[C@@H]3C[C@@H](Oc4nc5c(F)cccc5nc4C)CN3C2=O)cn1. The van der Waals surface area contributed by atoms with Crippen LogP contribution in [0.1, 0.15) is 86.6 Å². The van der Waals surface area contributed by atoms with Crippen LogP contribution >= 0.6 is 0 Å². The summed E-state index contributed by atoms with van der Waals surface area (Å²) < 4.78 is 48.3. The number of nitrogens with zero attached hydrogens (tertiary/aromatic N) is 5. The van der Waals surface area contributed by atoms with Crippen LogP contribution in [-0.2, 0) is 24.4 Å². The van der Waals surface area contributed by atoms with Crippen LogP contribution < -0.4 is 20.1 Å². The van der Waals surface area contributed by atoms with Crippen molar-refractivity contribution in [3.63, 3.8) is 0 Å². The van der Waals surface area contributed by atoms with Crippen molar-refractivity contribution in [2.45, 2.75) is 107 Å². The maximum Gasteiger partial charge on any atom is 0.272 e. The summed E-state index contributed by atoms with van der Waals surface area (Å²) in [5.41, 5.74) is -0.231. The third kappa shape index (κ3) is 7.37. The molecule has 4 aliphatic rings. The lowest BCUT2D eigenvalue weighted by molar-refractivity contribution is -0.141. The topological polar surface area (TPSA) is 203 Å². The number of ether oxygens (including phenoxy) is 1. The van der Waals surface area contributed by atoms with Crippen molar-refractivity contribution in [2.24, 2.45) is 5.92 Å². The van der Waals surface area contributed by atoms with Gasteiger partial charge in [0.1, 0.15) is 40.6 Å². The first-order chi connectivity index (χ1) is 25.7. The minimum absolute atomic E-state index is 0.00228. The smallest absolute Gasteiger partial charge is 0.272 e. The standard InChI is InChI=1S/C37H43FN8O7S/c1-21-18-40-28(19-39-21)31(47)42-27-12-8-6-4-5-7-10-23-17-37(23,35(50)45-54(51,52)36(3)14-15-36)44-32(48)29-16-24(20-46(29)34(27)49)53-33-22(2)41-26-13-9-11-25(38)30(26)43-33/h7,9-11,13,18-19,23-24,27,29H,4-6,8,12,14-17,20H2,1-3H3,(H,42,47)(H,44,48)(H,45,50)/t23-,24-,27+,29+,37-/m1/s1. The zero-order valence-corrected chi connectivity index (χ0v) is 31.1. The fourth-order valence-electron chi connectivity index (χ4n) is 7.07. The second kappa shape index (κ2) is 14.3. The number of hydrogen-bond acceptors (Lipinski definition) is 11. The Labute approximate surface area is 312 Å². The van der Waals surface area contributed by atoms with Gasteiger partial charge in [0, 0.05) is 18.5 Å². The zero-order chi connectivity index (χ0) is 38.4. The highest BCUT2D eigenvalue weighted by Gasteiger charge is 2.63. The number of carbonyl (C=O) groups is 4. The van der Waals surface area contributed by atoms with Crippen molar-refractivity contribution in [1.82, 2.24) is 40.2 Å². The molecule has 5 atom stereocenters. The van der Waals surface area contributed by atoms with Crippen molar-refractivity contribution in [3.8, 4) is 5.88 Å². The summed E-state index contributed by atoms with van der Waals surface area (Å²) in [5, 5.41) is 5.64. The molecule has 7 rings (SSSR count). The lowest BCUT2D eigenvalue weighted by atomic mass is 10.0. The number of aromatic nitrogens is 4. The summed E-state index contributed by atoms with van der Waals surface area (Å²) in [4.78, 5) is 74.4. The van der Waals surface area contributed by atoms with Gasteiger partial charge in [0.2, 0.25) is 27.7 Å². The van der Waals surface area contributed by atoms with E-state index in [9.17, 15) is 32.0 Å². The predicted octanol–water partition coefficient (Wildman–Crippen LogP) is 2.72. The average Bonchev–Trinajstić information content (AvgIpc) is 4.01. The quantitative estimate of drug-likeness (QED) is 0.299. The first-order valence-corrected chi connectivity index (χ1v) is 19.7. The highest BCUT2D eigenvalue weighted by molar-refractivity contribution is 7.91. The van der Waals surface area contributed by atoms with Crippen molar-refractivity contribution in [1.29, 1.82) is 0 Å². The van der Waals surface area contributed by atoms with Crippen LogP contribution in [0.3, 0.4) is 0 Å². The summed E-state index contributed by atoms with van der Waals surface area (Å²) in [7, 11) is -4.02. The number of halogens is 1. The molecule has 3 fully saturated rings. The number of amides is 4. The van der Waals surface area contributed by atoms with E-state index >= 15 is 0 Å². The number of carbonyl (C=O) groups excluding carboxylic acids is 4. The Morgan fingerprint density at radius 3 is 2.61 bits per heavy atom. The molecule has 4 heterocycles. The number of benzene rings is 1. The summed E-state index contributed by atoms with van der Waals surface area (Å²) in [6.07, 6.45) is 9.65. The number of hydrogen-bond donors (Lipinski definition) is 3. The number of sulfonamides is 1. The summed E-state index contributed by atoms with van der Waals surface area (Å²) in [6.45, 7) is 4.84. The minimum Gasteiger partial charge on any atom is -0.471 e. The first-order valence-electron chi connectivity index (χ1n) is 18.2. The van der Waals surface area contributed by atoms with Crippen LogP contribution in [0.5, 0.6) is 5.88 Å². The van der Waals surface area contributed by atoms with E-state index in [1.807, 2.05) is 12.2 Å². The molecule has 2 aliphatic carbocycles. The van der Waals surface area contributed by atoms with E-state index in [1.165, 1.54) is 29.4 Å². The van der Waals surface area contributed by atoms with Gasteiger partial charge in [0.25, 0.3) is 11.8 Å². The van der Waals surface area contributed by atoms with Gasteiger partial charge in [0.05, 0.1) is 28.7 Å². The second-order valence-corrected chi connectivity index (χ2v) is 17.2. The average molecular weight is 763 g/mol. The van der Waals surface area contributed by atoms with E-state index in [0.29, 0.717) is 42.6 Å². The number of nitrogens with one attached hydrogen (secondary N) is 3. The van der Waals surface area contributed by atoms with Crippen LogP contribution in [0.2, 0.25) is 0 Å². The third-order valence-corrected chi connectivity index (χ3v) is 13.0. The molecule has 1 saturated heterocycles. The Morgan fingerprint density at radius 2 is 1.87 bits per heavy atom. The van der Waals surface area contributed by atoms with Gasteiger partial charge in [-0.3, -0.25) is 28.9 Å². The third-order valence-electron chi connectivity index (χ3n) is 10.8. The molecule has 17 heteroatoms. The van der Waals surface area contributed by atoms with E-state index in [-0.39, 0.29) is 42.9 Å². The maximum atomic E-state index is 14.7. The molecule has 286 valence electrons. The molecular weight excluding hydrogens is 720 g/mol. The Balaban J connectivity index is 1.20. The molecule has 3 aromatic rings. The molecule has 1 aromatic carbocycles. The van der Waals surface area contributed by atoms with E-state index in [1.54, 1.807) is 26.8 Å². The van der Waals surface area contributed by atoms with Crippen LogP contribution in [-0.4, -0.2) is 91.9 Å². The minimum atomic E-state index is -4.02. The Morgan fingerprint density at radius 1 is 1.07 bits per heavy atom. The van der Waals surface area contributed by atoms with Crippen LogP contribution in [0, 0.1) is 25.6 Å². The number of fused-ring (bicyclic) bond motifs is 3. The Hall–Kier alpha value is -5.06. The van der Waals surface area contributed by atoms with Crippen molar-refractivity contribution in [3.05, 3.63) is 65.6 Å². The van der Waals surface area contributed by atoms with Crippen molar-refractivity contribution in [2.75, 3.05) is 6.54 Å². The molecule has 3 N–H and O–H groups in total. The van der Waals surface area contributed by atoms with E-state index < -0.39 is 73.9 Å². The largest absolute Gasteiger partial charge is 0.471 e. The summed E-state index contributed by atoms with van der Waals surface area (Å²) in [6, 6.07) is 2.15. The molecule has 4 amide bonds. The van der Waals surface area contributed by atoms with Gasteiger partial charge in [-0.1, -0.05) is 31.1 Å². The van der Waals surface area contributed by atoms with Crippen molar-refractivity contribution < 1.29 is 36.7 Å². The van der Waals surface area contributed by atoms with Crippen LogP contribution in [0.15, 0.2) is 42.7 Å². The summed E-state index contributed by atoms with van der Waals surface area (Å²) >= 11 is 0. The molecule has 54 heavy (non-hydrogen) atoms. The van der Waals surface area contributed by atoms with Crippen molar-refractivity contribution >= 4 is 44.7 Å². The first kappa shape index (κ1) is 37.3. The van der Waals surface area contributed by atoms with Gasteiger partial charge in [0.15, 0.2) is 5.82 Å². The lowest BCUT2D eigenvalue weighted by Gasteiger charge is -2.30. The van der Waals surface area contributed by atoms with E-state index in [0.717, 1.165) is 12.8 Å². The molecule has 0 bridgehead atoms. The molecule has 0 radical (unpaired) electrons. The summed E-state index contributed by atoms with van der Waals surface area (Å²) in [5.74, 6) is -3.72. The molecule has 0 unspecified atom stereocenters. The molecule has 15 nitrogen and oxygen atoms in total. The number of rotatable bonds is 7. The number of allylic oxidation sites excluding steroid dienone is 1. The van der Waals surface area contributed by atoms with Gasteiger partial charge in [-0.05, 0) is 71.4 Å². The Bertz CT molecular complexity index is 2150. The van der Waals surface area contributed by atoms with Gasteiger partial charge < -0.3 is 20.3 Å². The highest BCUT2D eigenvalue weighted by Crippen LogP contribution is 2.47. The zero-order valence-electron chi connectivity index (χ0n) is 30.3. The van der Waals surface area contributed by atoms with E-state index in [4.69, 9.17) is 4.74 Å². The Kier molecular flexibility index (Phi) is 9.87. The van der Waals surface area contributed by atoms with Gasteiger partial charge in [-0.25, -0.2) is 27.8 Å². The van der Waals surface area contributed by atoms with Gasteiger partial charge in [-0.15, -0.1) is 0 Å². The molecule has 2 saturated carbocycles. The van der Waals surface area contributed by atoms with Crippen LogP contribution in [0.4, 0.5) is 4.39 Å². The molecular formula is C37H43FN8O7S. The number of para-hydroxylation sites is 1. The van der Waals surface area contributed by atoms with E-state index in [2.05, 4.69) is 35.3 Å². The lowest BCUT2D eigenvalue weighted by Crippen LogP contribution is -2.58. The molecule has 2 aromatic heterocycles. The normalized spacial score (nSPS) is 26.8. The highest BCUT2D eigenvalue weighted by atomic mass is 32.2. The maximum absolute atomic E-state index is 14.7. The van der Waals surface area contributed by atoms with Gasteiger partial charge in [-0.2, -0.15) is 0 Å². The number of aryl methyl sites for hydroxylation is 2. The second-order valence-electron chi connectivity index (χ2n) is 15.0. The molecule has 2 aliphatic heterocycles. The fraction of sp³-hybridized carbons (Fsp3) is 0.514. The fourth-order valence-corrected chi connectivity index (χ4v) is 8.39. The van der Waals surface area contributed by atoms with Crippen LogP contribution in [0.25, 0.3) is 11.0 Å². The predicted molar refractivity (Wildman–Crippen MR) is 193 cm³/mol. The molecule has 0 spiro atoms. The van der Waals surface area contributed by atoms with Gasteiger partial charge >= 0.3 is 0 Å².